The van der Waals surface area contributed by atoms with Crippen molar-refractivity contribution in [3.8, 4) is 0 Å². The van der Waals surface area contributed by atoms with E-state index in [2.05, 4.69) is 16.9 Å². The zero-order valence-electron chi connectivity index (χ0n) is 11.4. The minimum absolute atomic E-state index is 0.409. The molecule has 3 rings (SSSR count). The molecule has 2 atom stereocenters. The zero-order valence-corrected chi connectivity index (χ0v) is 11.4. The number of likely N-dealkylation sites (tertiary alicyclic amines) is 1. The van der Waals surface area contributed by atoms with Crippen LogP contribution < -0.4 is 0 Å². The van der Waals surface area contributed by atoms with Crippen LogP contribution in [0.5, 0.6) is 0 Å². The summed E-state index contributed by atoms with van der Waals surface area (Å²) < 4.78 is 1.98. The molecule has 3 heterocycles. The van der Waals surface area contributed by atoms with Gasteiger partial charge in [0, 0.05) is 24.4 Å². The molecule has 104 valence electrons. The molecule has 0 amide bonds. The number of fused-ring (bicyclic) bond motifs is 1. The minimum Gasteiger partial charge on any atom is -0.480 e. The lowest BCUT2D eigenvalue weighted by atomic mass is 10.0. The molecule has 1 aromatic rings. The van der Waals surface area contributed by atoms with Crippen LogP contribution in [0.3, 0.4) is 0 Å². The monoisotopic (exact) mass is 263 g/mol. The van der Waals surface area contributed by atoms with E-state index in [0.29, 0.717) is 6.04 Å². The highest BCUT2D eigenvalue weighted by atomic mass is 16.4. The van der Waals surface area contributed by atoms with E-state index in [1.165, 1.54) is 12.8 Å². The predicted molar refractivity (Wildman–Crippen MR) is 71.2 cm³/mol. The van der Waals surface area contributed by atoms with Crippen LogP contribution in [0, 0.1) is 0 Å². The average molecular weight is 263 g/mol. The van der Waals surface area contributed by atoms with E-state index >= 15 is 0 Å². The van der Waals surface area contributed by atoms with Crippen molar-refractivity contribution in [1.29, 1.82) is 0 Å². The number of hydrogen-bond acceptors (Lipinski definition) is 3. The second-order valence-electron chi connectivity index (χ2n) is 5.76. The van der Waals surface area contributed by atoms with E-state index < -0.39 is 12.0 Å². The van der Waals surface area contributed by atoms with E-state index in [1.807, 2.05) is 10.8 Å². The minimum atomic E-state index is -0.722. The summed E-state index contributed by atoms with van der Waals surface area (Å²) in [4.78, 5) is 18.3. The van der Waals surface area contributed by atoms with E-state index in [0.717, 1.165) is 43.7 Å². The molecule has 19 heavy (non-hydrogen) atoms. The van der Waals surface area contributed by atoms with Crippen LogP contribution in [0.4, 0.5) is 0 Å². The van der Waals surface area contributed by atoms with Gasteiger partial charge < -0.3 is 14.6 Å². The maximum atomic E-state index is 11.4. The standard InChI is InChI=1S/C14H21N3O2/c1-16-7-3-5-10(16)8-13-15-9-11-4-2-6-12(14(18)19)17(11)13/h9-10,12H,2-8H2,1H3,(H,18,19). The molecule has 2 aliphatic heterocycles. The highest BCUT2D eigenvalue weighted by Crippen LogP contribution is 2.28. The molecule has 1 aromatic heterocycles. The van der Waals surface area contributed by atoms with Crippen molar-refractivity contribution in [3.63, 3.8) is 0 Å². The Labute approximate surface area is 113 Å². The number of carboxylic acid groups (broad SMARTS) is 1. The maximum absolute atomic E-state index is 11.4. The molecule has 0 aliphatic carbocycles. The zero-order chi connectivity index (χ0) is 13.4. The number of aromatic nitrogens is 2. The van der Waals surface area contributed by atoms with Crippen LogP contribution >= 0.6 is 0 Å². The van der Waals surface area contributed by atoms with Crippen LogP contribution in [-0.4, -0.2) is 45.2 Å². The van der Waals surface area contributed by atoms with Gasteiger partial charge in [0.1, 0.15) is 11.9 Å². The van der Waals surface area contributed by atoms with E-state index in [-0.39, 0.29) is 0 Å². The first-order valence-corrected chi connectivity index (χ1v) is 7.15. The molecule has 1 saturated heterocycles. The predicted octanol–water partition coefficient (Wildman–Crippen LogP) is 1.48. The van der Waals surface area contributed by atoms with E-state index in [9.17, 15) is 9.90 Å². The smallest absolute Gasteiger partial charge is 0.326 e. The number of hydrogen-bond donors (Lipinski definition) is 1. The Bertz CT molecular complexity index is 483. The van der Waals surface area contributed by atoms with Crippen LogP contribution in [0.2, 0.25) is 0 Å². The fourth-order valence-electron chi connectivity index (χ4n) is 3.44. The lowest BCUT2D eigenvalue weighted by Crippen LogP contribution is -2.31. The first-order valence-electron chi connectivity index (χ1n) is 7.15. The number of carboxylic acids is 1. The summed E-state index contributed by atoms with van der Waals surface area (Å²) in [5.74, 6) is 0.237. The molecule has 2 unspecified atom stereocenters. The molecule has 2 aliphatic rings. The third-order valence-corrected chi connectivity index (χ3v) is 4.55. The third kappa shape index (κ3) is 2.27. The van der Waals surface area contributed by atoms with Gasteiger partial charge in [-0.2, -0.15) is 0 Å². The number of aryl methyl sites for hydroxylation is 1. The Morgan fingerprint density at radius 1 is 1.47 bits per heavy atom. The molecule has 5 heteroatoms. The number of rotatable bonds is 3. The maximum Gasteiger partial charge on any atom is 0.326 e. The lowest BCUT2D eigenvalue weighted by molar-refractivity contribution is -0.141. The van der Waals surface area contributed by atoms with Gasteiger partial charge in [-0.3, -0.25) is 0 Å². The summed E-state index contributed by atoms with van der Waals surface area (Å²) in [7, 11) is 2.15. The fraction of sp³-hybridized carbons (Fsp3) is 0.714. The van der Waals surface area contributed by atoms with Gasteiger partial charge in [0.25, 0.3) is 0 Å². The molecule has 0 aromatic carbocycles. The normalized spacial score (nSPS) is 27.4. The molecule has 1 fully saturated rings. The summed E-state index contributed by atoms with van der Waals surface area (Å²) in [6.07, 6.45) is 7.81. The Morgan fingerprint density at radius 2 is 2.32 bits per heavy atom. The Morgan fingerprint density at radius 3 is 3.00 bits per heavy atom. The number of imidazole rings is 1. The van der Waals surface area contributed by atoms with Crippen LogP contribution in [0.1, 0.15) is 43.2 Å². The molecular weight excluding hydrogens is 242 g/mol. The SMILES string of the molecule is CN1CCCC1Cc1ncc2n1C(C(=O)O)CCC2. The van der Waals surface area contributed by atoms with Gasteiger partial charge in [-0.25, -0.2) is 9.78 Å². The van der Waals surface area contributed by atoms with Crippen molar-refractivity contribution < 1.29 is 9.90 Å². The summed E-state index contributed by atoms with van der Waals surface area (Å²) in [5, 5.41) is 9.38. The van der Waals surface area contributed by atoms with Gasteiger partial charge >= 0.3 is 5.97 Å². The van der Waals surface area contributed by atoms with Gasteiger partial charge in [0.2, 0.25) is 0 Å². The van der Waals surface area contributed by atoms with Crippen molar-refractivity contribution in [2.75, 3.05) is 13.6 Å². The third-order valence-electron chi connectivity index (χ3n) is 4.55. The van der Waals surface area contributed by atoms with Gasteiger partial charge in [0.15, 0.2) is 0 Å². The van der Waals surface area contributed by atoms with Crippen molar-refractivity contribution in [1.82, 2.24) is 14.5 Å². The van der Waals surface area contributed by atoms with Gasteiger partial charge in [-0.15, -0.1) is 0 Å². The molecular formula is C14H21N3O2. The molecule has 5 nitrogen and oxygen atoms in total. The summed E-state index contributed by atoms with van der Waals surface area (Å²) in [6, 6.07) is 0.107. The molecule has 0 radical (unpaired) electrons. The topological polar surface area (TPSA) is 58.4 Å². The van der Waals surface area contributed by atoms with Crippen LogP contribution in [0.15, 0.2) is 6.20 Å². The summed E-state index contributed by atoms with van der Waals surface area (Å²) >= 11 is 0. The number of aliphatic carboxylic acids is 1. The van der Waals surface area contributed by atoms with Crippen molar-refractivity contribution in [3.05, 3.63) is 17.7 Å². The van der Waals surface area contributed by atoms with Crippen LogP contribution in [0.25, 0.3) is 0 Å². The first kappa shape index (κ1) is 12.7. The Kier molecular flexibility index (Phi) is 3.31. The van der Waals surface area contributed by atoms with Crippen molar-refractivity contribution in [2.24, 2.45) is 0 Å². The second-order valence-corrected chi connectivity index (χ2v) is 5.76. The summed E-state index contributed by atoms with van der Waals surface area (Å²) in [5.41, 5.74) is 1.09. The van der Waals surface area contributed by atoms with Crippen LogP contribution in [-0.2, 0) is 17.6 Å². The quantitative estimate of drug-likeness (QED) is 0.897. The van der Waals surface area contributed by atoms with Gasteiger partial charge in [-0.05, 0) is 45.7 Å². The van der Waals surface area contributed by atoms with E-state index in [1.54, 1.807) is 0 Å². The number of carbonyl (C=O) groups is 1. The molecule has 1 N–H and O–H groups in total. The first-order chi connectivity index (χ1) is 9.16. The fourth-order valence-corrected chi connectivity index (χ4v) is 3.44. The van der Waals surface area contributed by atoms with E-state index in [4.69, 9.17) is 0 Å². The molecule has 0 saturated carbocycles. The van der Waals surface area contributed by atoms with Gasteiger partial charge in [-0.1, -0.05) is 0 Å². The highest BCUT2D eigenvalue weighted by Gasteiger charge is 2.30. The average Bonchev–Trinajstić information content (AvgIpc) is 2.97. The van der Waals surface area contributed by atoms with Crippen molar-refractivity contribution in [2.45, 2.75) is 50.6 Å². The Balaban J connectivity index is 1.86. The Hall–Kier alpha value is -1.36. The number of nitrogens with zero attached hydrogens (tertiary/aromatic N) is 3. The van der Waals surface area contributed by atoms with Gasteiger partial charge in [0.05, 0.1) is 0 Å². The number of likely N-dealkylation sites (N-methyl/N-ethyl adjacent to an activating group) is 1. The molecule has 0 spiro atoms. The second kappa shape index (κ2) is 4.96. The van der Waals surface area contributed by atoms with Crippen molar-refractivity contribution >= 4 is 5.97 Å². The lowest BCUT2D eigenvalue weighted by Gasteiger charge is -2.26. The summed E-state index contributed by atoms with van der Waals surface area (Å²) in [6.45, 7) is 1.14. The largest absolute Gasteiger partial charge is 0.480 e. The molecule has 0 bridgehead atoms. The highest BCUT2D eigenvalue weighted by molar-refractivity contribution is 5.72.